The van der Waals surface area contributed by atoms with Gasteiger partial charge in [0, 0.05) is 37.0 Å². The summed E-state index contributed by atoms with van der Waals surface area (Å²) in [4.78, 5) is 20.5. The van der Waals surface area contributed by atoms with Gasteiger partial charge in [-0.1, -0.05) is 0 Å². The maximum Gasteiger partial charge on any atom is 0.389 e. The molecule has 1 aromatic rings. The molecular weight excluding hydrogens is 427 g/mol. The monoisotopic (exact) mass is 459 g/mol. The van der Waals surface area contributed by atoms with Gasteiger partial charge in [-0.3, -0.25) is 9.69 Å². The lowest BCUT2D eigenvalue weighted by atomic mass is 9.84. The summed E-state index contributed by atoms with van der Waals surface area (Å²) in [6.45, 7) is 3.90. The lowest BCUT2D eigenvalue weighted by Crippen LogP contribution is -2.38. The van der Waals surface area contributed by atoms with Crippen LogP contribution in [0.2, 0.25) is 0 Å². The molecule has 0 spiro atoms. The zero-order valence-corrected chi connectivity index (χ0v) is 18.7. The van der Waals surface area contributed by atoms with Crippen molar-refractivity contribution in [1.82, 2.24) is 15.2 Å². The number of hydrogen-bond acceptors (Lipinski definition) is 5. The molecule has 2 aliphatic heterocycles. The molecular formula is C22H32F3N3O2S. The largest absolute Gasteiger partial charge is 0.389 e. The normalized spacial score (nSPS) is 27.3. The first-order chi connectivity index (χ1) is 14.9. The highest BCUT2D eigenvalue weighted by Gasteiger charge is 2.30. The summed E-state index contributed by atoms with van der Waals surface area (Å²) in [5.41, 5.74) is 1.23. The Kier molecular flexibility index (Phi) is 7.54. The van der Waals surface area contributed by atoms with E-state index < -0.39 is 24.9 Å². The minimum atomic E-state index is -4.27. The van der Waals surface area contributed by atoms with Crippen LogP contribution in [0.5, 0.6) is 0 Å². The minimum absolute atomic E-state index is 0.0285. The van der Waals surface area contributed by atoms with Gasteiger partial charge in [0.05, 0.1) is 12.1 Å². The zero-order valence-electron chi connectivity index (χ0n) is 17.9. The number of ether oxygens (including phenoxy) is 1. The van der Waals surface area contributed by atoms with E-state index in [9.17, 15) is 18.0 Å². The van der Waals surface area contributed by atoms with Crippen molar-refractivity contribution in [2.45, 2.75) is 89.1 Å². The van der Waals surface area contributed by atoms with E-state index in [0.717, 1.165) is 82.6 Å². The molecule has 1 aliphatic carbocycles. The molecule has 0 aromatic carbocycles. The summed E-state index contributed by atoms with van der Waals surface area (Å²) in [5.74, 6) is 0.151. The molecule has 31 heavy (non-hydrogen) atoms. The SMILES string of the molecule is O=C(CCC(F)(F)F)N[C@H]1CC[C@H](CCN2CCc3sc(C4CCCO4)nc3C2)CC1. The van der Waals surface area contributed by atoms with Crippen LogP contribution >= 0.6 is 11.3 Å². The van der Waals surface area contributed by atoms with Crippen LogP contribution in [0.3, 0.4) is 0 Å². The van der Waals surface area contributed by atoms with Crippen LogP contribution in [-0.2, 0) is 22.5 Å². The summed E-state index contributed by atoms with van der Waals surface area (Å²) < 4.78 is 42.5. The molecule has 1 saturated carbocycles. The fourth-order valence-corrected chi connectivity index (χ4v) is 6.04. The molecule has 0 bridgehead atoms. The number of nitrogens with one attached hydrogen (secondary N) is 1. The molecule has 1 atom stereocenters. The van der Waals surface area contributed by atoms with Gasteiger partial charge < -0.3 is 10.1 Å². The molecule has 9 heteroatoms. The van der Waals surface area contributed by atoms with Gasteiger partial charge in [-0.05, 0) is 63.8 Å². The maximum absolute atomic E-state index is 12.2. The van der Waals surface area contributed by atoms with Crippen molar-refractivity contribution in [2.75, 3.05) is 19.7 Å². The molecule has 3 aliphatic rings. The van der Waals surface area contributed by atoms with Gasteiger partial charge in [-0.2, -0.15) is 13.2 Å². The van der Waals surface area contributed by atoms with E-state index in [-0.39, 0.29) is 12.1 Å². The number of halogens is 3. The first-order valence-corrected chi connectivity index (χ1v) is 12.4. The van der Waals surface area contributed by atoms with Crippen LogP contribution in [-0.4, -0.2) is 47.7 Å². The number of rotatable bonds is 7. The topological polar surface area (TPSA) is 54.5 Å². The number of thiazole rings is 1. The van der Waals surface area contributed by atoms with Crippen molar-refractivity contribution in [3.05, 3.63) is 15.6 Å². The molecule has 174 valence electrons. The predicted molar refractivity (Wildman–Crippen MR) is 113 cm³/mol. The van der Waals surface area contributed by atoms with E-state index in [1.54, 1.807) is 0 Å². The smallest absolute Gasteiger partial charge is 0.371 e. The average Bonchev–Trinajstić information content (AvgIpc) is 3.40. The van der Waals surface area contributed by atoms with E-state index in [4.69, 9.17) is 9.72 Å². The summed E-state index contributed by atoms with van der Waals surface area (Å²) in [7, 11) is 0. The number of aromatic nitrogens is 1. The Morgan fingerprint density at radius 2 is 2.03 bits per heavy atom. The van der Waals surface area contributed by atoms with E-state index in [1.807, 2.05) is 11.3 Å². The third-order valence-corrected chi connectivity index (χ3v) is 7.98. The lowest BCUT2D eigenvalue weighted by molar-refractivity contribution is -0.144. The highest BCUT2D eigenvalue weighted by atomic mass is 32.1. The number of nitrogens with zero attached hydrogens (tertiary/aromatic N) is 2. The van der Waals surface area contributed by atoms with Gasteiger partial charge in [0.25, 0.3) is 0 Å². The standard InChI is InChI=1S/C22H32F3N3O2S/c23-22(24,25)10-7-20(29)26-16-5-3-15(4-6-16)8-11-28-12-9-19-17(14-28)27-21(31-19)18-2-1-13-30-18/h15-16,18H,1-14H2,(H,26,29)/t15-,16-,18?. The molecule has 3 heterocycles. The van der Waals surface area contributed by atoms with Crippen LogP contribution in [0.25, 0.3) is 0 Å². The number of fused-ring (bicyclic) bond motifs is 1. The second-order valence-electron chi connectivity index (χ2n) is 9.14. The second kappa shape index (κ2) is 10.2. The minimum Gasteiger partial charge on any atom is -0.371 e. The number of alkyl halides is 3. The van der Waals surface area contributed by atoms with Crippen LogP contribution in [0.1, 0.15) is 79.5 Å². The van der Waals surface area contributed by atoms with Crippen LogP contribution in [0.4, 0.5) is 13.2 Å². The zero-order chi connectivity index (χ0) is 21.8. The van der Waals surface area contributed by atoms with Gasteiger partial charge in [0.2, 0.25) is 5.91 Å². The van der Waals surface area contributed by atoms with Gasteiger partial charge in [-0.15, -0.1) is 11.3 Å². The highest BCUT2D eigenvalue weighted by Crippen LogP contribution is 2.35. The quantitative estimate of drug-likeness (QED) is 0.639. The average molecular weight is 460 g/mol. The molecule has 5 nitrogen and oxygen atoms in total. The van der Waals surface area contributed by atoms with E-state index >= 15 is 0 Å². The van der Waals surface area contributed by atoms with E-state index in [2.05, 4.69) is 10.2 Å². The second-order valence-corrected chi connectivity index (χ2v) is 10.3. The van der Waals surface area contributed by atoms with Crippen molar-refractivity contribution in [3.63, 3.8) is 0 Å². The Bertz CT molecular complexity index is 741. The molecule has 2 fully saturated rings. The Labute approximate surface area is 185 Å². The molecule has 1 amide bonds. The van der Waals surface area contributed by atoms with Crippen molar-refractivity contribution in [3.8, 4) is 0 Å². The fraction of sp³-hybridized carbons (Fsp3) is 0.818. The van der Waals surface area contributed by atoms with E-state index in [1.165, 1.54) is 10.6 Å². The van der Waals surface area contributed by atoms with Gasteiger partial charge in [0.1, 0.15) is 11.1 Å². The summed E-state index contributed by atoms with van der Waals surface area (Å²) in [5, 5.41) is 3.94. The number of hydrogen-bond donors (Lipinski definition) is 1. The summed E-state index contributed by atoms with van der Waals surface area (Å²) in [6.07, 6.45) is 2.62. The Morgan fingerprint density at radius 3 is 2.74 bits per heavy atom. The molecule has 1 unspecified atom stereocenters. The first-order valence-electron chi connectivity index (χ1n) is 11.5. The predicted octanol–water partition coefficient (Wildman–Crippen LogP) is 4.76. The third kappa shape index (κ3) is 6.65. The summed E-state index contributed by atoms with van der Waals surface area (Å²) >= 11 is 1.83. The molecule has 0 radical (unpaired) electrons. The molecule has 1 aromatic heterocycles. The number of carbonyl (C=O) groups is 1. The Morgan fingerprint density at radius 1 is 1.23 bits per heavy atom. The lowest BCUT2D eigenvalue weighted by Gasteiger charge is -2.32. The van der Waals surface area contributed by atoms with Gasteiger partial charge >= 0.3 is 6.18 Å². The van der Waals surface area contributed by atoms with Crippen LogP contribution in [0, 0.1) is 5.92 Å². The Hall–Kier alpha value is -1.19. The first kappa shape index (κ1) is 23.0. The van der Waals surface area contributed by atoms with Crippen LogP contribution in [0.15, 0.2) is 0 Å². The highest BCUT2D eigenvalue weighted by molar-refractivity contribution is 7.11. The number of carbonyl (C=O) groups excluding carboxylic acids is 1. The molecule has 1 N–H and O–H groups in total. The van der Waals surface area contributed by atoms with Crippen molar-refractivity contribution in [1.29, 1.82) is 0 Å². The van der Waals surface area contributed by atoms with Crippen LogP contribution < -0.4 is 5.32 Å². The summed E-state index contributed by atoms with van der Waals surface area (Å²) in [6, 6.07) is 0.0285. The van der Waals surface area contributed by atoms with Crippen molar-refractivity contribution >= 4 is 17.2 Å². The van der Waals surface area contributed by atoms with Crippen molar-refractivity contribution < 1.29 is 22.7 Å². The Balaban J connectivity index is 1.15. The molecule has 4 rings (SSSR count). The number of amides is 1. The maximum atomic E-state index is 12.2. The molecule has 1 saturated heterocycles. The van der Waals surface area contributed by atoms with Gasteiger partial charge in [-0.25, -0.2) is 4.98 Å². The van der Waals surface area contributed by atoms with Crippen molar-refractivity contribution in [2.24, 2.45) is 5.92 Å². The fourth-order valence-electron chi connectivity index (χ4n) is 4.89. The van der Waals surface area contributed by atoms with E-state index in [0.29, 0.717) is 5.92 Å². The third-order valence-electron chi connectivity index (χ3n) is 6.73. The van der Waals surface area contributed by atoms with Gasteiger partial charge in [0.15, 0.2) is 0 Å².